The second-order valence-electron chi connectivity index (χ2n) is 6.92. The highest BCUT2D eigenvalue weighted by atomic mass is 32.2. The van der Waals surface area contributed by atoms with Crippen LogP contribution in [-0.4, -0.2) is 38.2 Å². The lowest BCUT2D eigenvalue weighted by Gasteiger charge is -2.30. The molecule has 1 saturated heterocycles. The Labute approximate surface area is 164 Å². The van der Waals surface area contributed by atoms with Crippen molar-refractivity contribution in [3.05, 3.63) is 59.7 Å². The van der Waals surface area contributed by atoms with E-state index in [9.17, 15) is 18.0 Å². The van der Waals surface area contributed by atoms with Crippen LogP contribution in [0.5, 0.6) is 0 Å². The van der Waals surface area contributed by atoms with Crippen molar-refractivity contribution in [3.8, 4) is 0 Å². The summed E-state index contributed by atoms with van der Waals surface area (Å²) in [5.74, 6) is -0.724. The number of nitrogens with two attached hydrogens (primary N) is 1. The molecular weight excluding hydrogens is 378 g/mol. The first kappa shape index (κ1) is 19.9. The first-order chi connectivity index (χ1) is 13.3. The molecule has 0 atom stereocenters. The Kier molecular flexibility index (Phi) is 5.69. The largest absolute Gasteiger partial charge is 0.369 e. The number of nitrogens with one attached hydrogen (secondary N) is 1. The smallest absolute Gasteiger partial charge is 0.261 e. The molecule has 1 aliphatic heterocycles. The van der Waals surface area contributed by atoms with Crippen LogP contribution in [0.15, 0.2) is 53.4 Å². The molecule has 3 N–H and O–H groups in total. The van der Waals surface area contributed by atoms with Gasteiger partial charge in [0, 0.05) is 24.6 Å². The van der Waals surface area contributed by atoms with Gasteiger partial charge in [-0.3, -0.25) is 14.3 Å². The Morgan fingerprint density at radius 3 is 2.32 bits per heavy atom. The summed E-state index contributed by atoms with van der Waals surface area (Å²) in [5.41, 5.74) is 6.81. The van der Waals surface area contributed by atoms with Crippen LogP contribution in [-0.2, 0) is 14.8 Å². The predicted molar refractivity (Wildman–Crippen MR) is 106 cm³/mol. The van der Waals surface area contributed by atoms with Gasteiger partial charge in [-0.2, -0.15) is 0 Å². The molecule has 0 aliphatic carbocycles. The van der Waals surface area contributed by atoms with Gasteiger partial charge >= 0.3 is 0 Å². The molecule has 0 spiro atoms. The highest BCUT2D eigenvalue weighted by Gasteiger charge is 2.27. The van der Waals surface area contributed by atoms with E-state index in [1.54, 1.807) is 48.2 Å². The van der Waals surface area contributed by atoms with Crippen LogP contribution in [0.3, 0.4) is 0 Å². The van der Waals surface area contributed by atoms with Gasteiger partial charge in [0.2, 0.25) is 5.91 Å². The van der Waals surface area contributed by atoms with Gasteiger partial charge < -0.3 is 10.6 Å². The topological polar surface area (TPSA) is 110 Å². The lowest BCUT2D eigenvalue weighted by Crippen LogP contribution is -2.41. The molecular formula is C20H23N3O4S. The number of primary amides is 1. The quantitative estimate of drug-likeness (QED) is 0.800. The molecule has 2 aromatic rings. The lowest BCUT2D eigenvalue weighted by atomic mass is 9.95. The van der Waals surface area contributed by atoms with Crippen LogP contribution in [0.4, 0.5) is 5.69 Å². The molecule has 1 fully saturated rings. The van der Waals surface area contributed by atoms with E-state index in [0.29, 0.717) is 42.7 Å². The Balaban J connectivity index is 1.78. The van der Waals surface area contributed by atoms with Crippen LogP contribution < -0.4 is 10.5 Å². The first-order valence-corrected chi connectivity index (χ1v) is 10.5. The van der Waals surface area contributed by atoms with Crippen molar-refractivity contribution in [2.75, 3.05) is 17.8 Å². The molecule has 28 heavy (non-hydrogen) atoms. The minimum absolute atomic E-state index is 0.152. The Morgan fingerprint density at radius 1 is 1.07 bits per heavy atom. The van der Waals surface area contributed by atoms with Gasteiger partial charge in [-0.25, -0.2) is 8.42 Å². The number of hydrogen-bond donors (Lipinski definition) is 2. The molecule has 8 heteroatoms. The Morgan fingerprint density at radius 2 is 1.71 bits per heavy atom. The summed E-state index contributed by atoms with van der Waals surface area (Å²) in [6, 6.07) is 13.0. The van der Waals surface area contributed by atoms with Crippen molar-refractivity contribution in [3.63, 3.8) is 0 Å². The molecule has 0 radical (unpaired) electrons. The highest BCUT2D eigenvalue weighted by Crippen LogP contribution is 2.24. The number of hydrogen-bond acceptors (Lipinski definition) is 4. The fourth-order valence-electron chi connectivity index (χ4n) is 3.22. The molecule has 1 aliphatic rings. The van der Waals surface area contributed by atoms with Crippen LogP contribution in [0.1, 0.15) is 28.8 Å². The van der Waals surface area contributed by atoms with Crippen LogP contribution >= 0.6 is 0 Å². The number of amides is 2. The number of sulfonamides is 1. The number of likely N-dealkylation sites (tertiary alicyclic amines) is 1. The molecule has 0 bridgehead atoms. The summed E-state index contributed by atoms with van der Waals surface area (Å²) < 4.78 is 27.7. The number of benzene rings is 2. The minimum atomic E-state index is -3.75. The maximum absolute atomic E-state index is 12.8. The van der Waals surface area contributed by atoms with Crippen LogP contribution in [0.25, 0.3) is 0 Å². The molecule has 0 unspecified atom stereocenters. The number of carbonyl (C=O) groups excluding carboxylic acids is 2. The fraction of sp³-hybridized carbons (Fsp3) is 0.300. The molecule has 2 aromatic carbocycles. The average Bonchev–Trinajstić information content (AvgIpc) is 2.69. The van der Waals surface area contributed by atoms with Gasteiger partial charge in [0.15, 0.2) is 0 Å². The maximum atomic E-state index is 12.8. The van der Waals surface area contributed by atoms with E-state index >= 15 is 0 Å². The van der Waals surface area contributed by atoms with Gasteiger partial charge in [0.05, 0.1) is 10.6 Å². The SMILES string of the molecule is Cc1ccc(C(=O)N2CCC(C(N)=O)CC2)cc1NS(=O)(=O)c1ccccc1. The van der Waals surface area contributed by atoms with Crippen molar-refractivity contribution >= 4 is 27.5 Å². The number of rotatable bonds is 5. The maximum Gasteiger partial charge on any atom is 0.261 e. The number of aryl methyl sites for hydroxylation is 1. The number of anilines is 1. The normalized spacial score (nSPS) is 15.2. The summed E-state index contributed by atoms with van der Waals surface area (Å²) in [6.07, 6.45) is 1.08. The van der Waals surface area contributed by atoms with E-state index in [1.165, 1.54) is 12.1 Å². The van der Waals surface area contributed by atoms with E-state index < -0.39 is 10.0 Å². The second-order valence-corrected chi connectivity index (χ2v) is 8.60. The van der Waals surface area contributed by atoms with Crippen LogP contribution in [0, 0.1) is 12.8 Å². The van der Waals surface area contributed by atoms with Gasteiger partial charge in [0.1, 0.15) is 0 Å². The van der Waals surface area contributed by atoms with Crippen LogP contribution in [0.2, 0.25) is 0 Å². The third kappa shape index (κ3) is 4.33. The minimum Gasteiger partial charge on any atom is -0.369 e. The molecule has 3 rings (SSSR count). The predicted octanol–water partition coefficient (Wildman–Crippen LogP) is 2.13. The summed E-state index contributed by atoms with van der Waals surface area (Å²) >= 11 is 0. The van der Waals surface area contributed by atoms with Crippen molar-refractivity contribution in [1.29, 1.82) is 0 Å². The van der Waals surface area contributed by atoms with Crippen molar-refractivity contribution in [1.82, 2.24) is 4.90 Å². The zero-order chi connectivity index (χ0) is 20.3. The van der Waals surface area contributed by atoms with Gasteiger partial charge in [-0.1, -0.05) is 24.3 Å². The average molecular weight is 401 g/mol. The highest BCUT2D eigenvalue weighted by molar-refractivity contribution is 7.92. The third-order valence-corrected chi connectivity index (χ3v) is 6.35. The van der Waals surface area contributed by atoms with E-state index in [2.05, 4.69) is 4.72 Å². The standard InChI is InChI=1S/C20H23N3O4S/c1-14-7-8-16(20(25)23-11-9-15(10-12-23)19(21)24)13-18(14)22-28(26,27)17-5-3-2-4-6-17/h2-8,13,15,22H,9-12H2,1H3,(H2,21,24). The molecule has 1 heterocycles. The molecule has 148 valence electrons. The van der Waals surface area contributed by atoms with Gasteiger partial charge in [-0.05, 0) is 49.6 Å². The molecule has 7 nitrogen and oxygen atoms in total. The molecule has 0 aromatic heterocycles. The number of piperidine rings is 1. The number of nitrogens with zero attached hydrogens (tertiary/aromatic N) is 1. The second kappa shape index (κ2) is 8.02. The Hall–Kier alpha value is -2.87. The summed E-state index contributed by atoms with van der Waals surface area (Å²) in [5, 5.41) is 0. The van der Waals surface area contributed by atoms with Crippen molar-refractivity contribution < 1.29 is 18.0 Å². The van der Waals surface area contributed by atoms with E-state index in [-0.39, 0.29) is 22.6 Å². The monoisotopic (exact) mass is 401 g/mol. The summed E-state index contributed by atoms with van der Waals surface area (Å²) in [6.45, 7) is 2.67. The van der Waals surface area contributed by atoms with Gasteiger partial charge in [-0.15, -0.1) is 0 Å². The zero-order valence-corrected chi connectivity index (χ0v) is 16.4. The third-order valence-electron chi connectivity index (χ3n) is 4.97. The molecule has 2 amide bonds. The summed E-state index contributed by atoms with van der Waals surface area (Å²) in [4.78, 5) is 25.9. The molecule has 0 saturated carbocycles. The Bertz CT molecular complexity index is 982. The summed E-state index contributed by atoms with van der Waals surface area (Å²) in [7, 11) is -3.75. The lowest BCUT2D eigenvalue weighted by molar-refractivity contribution is -0.123. The fourth-order valence-corrected chi connectivity index (χ4v) is 4.36. The van der Waals surface area contributed by atoms with Gasteiger partial charge in [0.25, 0.3) is 15.9 Å². The van der Waals surface area contributed by atoms with E-state index in [4.69, 9.17) is 5.73 Å². The van der Waals surface area contributed by atoms with Crippen molar-refractivity contribution in [2.45, 2.75) is 24.7 Å². The van der Waals surface area contributed by atoms with Crippen molar-refractivity contribution in [2.24, 2.45) is 11.7 Å². The van der Waals surface area contributed by atoms with E-state index in [0.717, 1.165) is 0 Å². The number of carbonyl (C=O) groups is 2. The van der Waals surface area contributed by atoms with E-state index in [1.807, 2.05) is 0 Å². The zero-order valence-electron chi connectivity index (χ0n) is 15.6. The first-order valence-electron chi connectivity index (χ1n) is 9.05.